The van der Waals surface area contributed by atoms with Gasteiger partial charge in [0.1, 0.15) is 5.82 Å². The second-order valence-electron chi connectivity index (χ2n) is 4.41. The molecule has 1 unspecified atom stereocenters. The van der Waals surface area contributed by atoms with E-state index in [9.17, 15) is 4.39 Å². The molecule has 0 bridgehead atoms. The highest BCUT2D eigenvalue weighted by molar-refractivity contribution is 7.15. The maximum absolute atomic E-state index is 13.7. The Morgan fingerprint density at radius 3 is 2.74 bits per heavy atom. The van der Waals surface area contributed by atoms with Gasteiger partial charge in [-0.3, -0.25) is 0 Å². The van der Waals surface area contributed by atoms with E-state index in [1.807, 2.05) is 25.1 Å². The van der Waals surface area contributed by atoms with Gasteiger partial charge in [0, 0.05) is 27.9 Å². The molecule has 0 saturated heterocycles. The number of aliphatic hydroxyl groups is 1. The highest BCUT2D eigenvalue weighted by atomic mass is 32.1. The average molecular weight is 279 g/mol. The van der Waals surface area contributed by atoms with Gasteiger partial charge in [-0.15, -0.1) is 11.3 Å². The van der Waals surface area contributed by atoms with Gasteiger partial charge in [0.25, 0.3) is 0 Å². The molecule has 0 saturated carbocycles. The summed E-state index contributed by atoms with van der Waals surface area (Å²) in [4.78, 5) is 2.08. The van der Waals surface area contributed by atoms with E-state index in [1.54, 1.807) is 23.5 Å². The molecule has 1 aromatic heterocycles. The Morgan fingerprint density at radius 2 is 2.05 bits per heavy atom. The van der Waals surface area contributed by atoms with Crippen molar-refractivity contribution in [1.82, 2.24) is 5.32 Å². The summed E-state index contributed by atoms with van der Waals surface area (Å²) in [5.74, 6) is -0.189. The van der Waals surface area contributed by atoms with Gasteiger partial charge in [-0.1, -0.05) is 25.1 Å². The number of halogens is 1. The van der Waals surface area contributed by atoms with Crippen molar-refractivity contribution < 1.29 is 9.50 Å². The largest absolute Gasteiger partial charge is 0.395 e. The summed E-state index contributed by atoms with van der Waals surface area (Å²) in [5.41, 5.74) is 0.646. The predicted octanol–water partition coefficient (Wildman–Crippen LogP) is 3.41. The van der Waals surface area contributed by atoms with Crippen LogP contribution in [0.4, 0.5) is 4.39 Å². The second kappa shape index (κ2) is 6.80. The molecule has 2 rings (SSSR count). The summed E-state index contributed by atoms with van der Waals surface area (Å²) in [6, 6.07) is 10.9. The van der Waals surface area contributed by atoms with Crippen molar-refractivity contribution in [2.45, 2.75) is 25.9 Å². The number of benzene rings is 1. The van der Waals surface area contributed by atoms with Crippen LogP contribution < -0.4 is 5.32 Å². The van der Waals surface area contributed by atoms with E-state index < -0.39 is 0 Å². The molecule has 0 spiro atoms. The Hall–Kier alpha value is -1.23. The fourth-order valence-electron chi connectivity index (χ4n) is 1.86. The first-order valence-corrected chi connectivity index (χ1v) is 7.24. The molecule has 4 heteroatoms. The van der Waals surface area contributed by atoms with Crippen molar-refractivity contribution in [3.05, 3.63) is 47.1 Å². The Bertz CT molecular complexity index is 522. The third-order valence-electron chi connectivity index (χ3n) is 3.08. The maximum atomic E-state index is 13.7. The monoisotopic (exact) mass is 279 g/mol. The van der Waals surface area contributed by atoms with Crippen molar-refractivity contribution >= 4 is 11.3 Å². The molecular formula is C15H18FNOS. The topological polar surface area (TPSA) is 32.3 Å². The van der Waals surface area contributed by atoms with Gasteiger partial charge in [0.05, 0.1) is 6.61 Å². The number of hydrogen-bond donors (Lipinski definition) is 2. The number of rotatable bonds is 6. The third kappa shape index (κ3) is 3.62. The molecule has 2 aromatic rings. The van der Waals surface area contributed by atoms with Crippen LogP contribution in [0.5, 0.6) is 0 Å². The van der Waals surface area contributed by atoms with Gasteiger partial charge in [-0.25, -0.2) is 4.39 Å². The quantitative estimate of drug-likeness (QED) is 0.849. The predicted molar refractivity (Wildman–Crippen MR) is 77.7 cm³/mol. The first-order chi connectivity index (χ1) is 9.24. The van der Waals surface area contributed by atoms with E-state index in [0.29, 0.717) is 12.1 Å². The lowest BCUT2D eigenvalue weighted by molar-refractivity contribution is 0.238. The molecule has 2 nitrogen and oxygen atoms in total. The zero-order valence-corrected chi connectivity index (χ0v) is 11.7. The first-order valence-electron chi connectivity index (χ1n) is 6.42. The van der Waals surface area contributed by atoms with Crippen molar-refractivity contribution in [3.63, 3.8) is 0 Å². The number of thiophene rings is 1. The summed E-state index contributed by atoms with van der Waals surface area (Å²) < 4.78 is 13.7. The van der Waals surface area contributed by atoms with E-state index >= 15 is 0 Å². The summed E-state index contributed by atoms with van der Waals surface area (Å²) in [6.45, 7) is 2.88. The zero-order valence-electron chi connectivity index (χ0n) is 10.9. The van der Waals surface area contributed by atoms with Crippen LogP contribution in [0.2, 0.25) is 0 Å². The van der Waals surface area contributed by atoms with Gasteiger partial charge in [-0.2, -0.15) is 0 Å². The Balaban J connectivity index is 2.05. The van der Waals surface area contributed by atoms with E-state index in [4.69, 9.17) is 5.11 Å². The van der Waals surface area contributed by atoms with Gasteiger partial charge in [0.2, 0.25) is 0 Å². The fraction of sp³-hybridized carbons (Fsp3) is 0.333. The molecule has 1 atom stereocenters. The lowest BCUT2D eigenvalue weighted by atomic mass is 10.2. The SMILES string of the molecule is CCC(CO)NCc1ccc(-c2ccccc2F)s1. The zero-order chi connectivity index (χ0) is 13.7. The van der Waals surface area contributed by atoms with Crippen LogP contribution in [0.15, 0.2) is 36.4 Å². The maximum Gasteiger partial charge on any atom is 0.131 e. The molecule has 102 valence electrons. The van der Waals surface area contributed by atoms with E-state index in [-0.39, 0.29) is 18.5 Å². The minimum atomic E-state index is -0.189. The molecule has 0 fully saturated rings. The molecule has 0 aliphatic carbocycles. The summed E-state index contributed by atoms with van der Waals surface area (Å²) in [6.07, 6.45) is 0.891. The first kappa shape index (κ1) is 14.2. The summed E-state index contributed by atoms with van der Waals surface area (Å²) in [7, 11) is 0. The van der Waals surface area contributed by atoms with Gasteiger partial charge < -0.3 is 10.4 Å². The molecule has 1 heterocycles. The Kier molecular flexibility index (Phi) is 5.07. The van der Waals surface area contributed by atoms with Crippen LogP contribution in [0.1, 0.15) is 18.2 Å². The van der Waals surface area contributed by atoms with E-state index in [2.05, 4.69) is 5.32 Å². The molecule has 0 aliphatic rings. The lowest BCUT2D eigenvalue weighted by Gasteiger charge is -2.12. The van der Waals surface area contributed by atoms with Crippen molar-refractivity contribution in [2.24, 2.45) is 0 Å². The molecule has 19 heavy (non-hydrogen) atoms. The number of hydrogen-bond acceptors (Lipinski definition) is 3. The summed E-state index contributed by atoms with van der Waals surface area (Å²) >= 11 is 1.58. The second-order valence-corrected chi connectivity index (χ2v) is 5.58. The van der Waals surface area contributed by atoms with Crippen LogP contribution in [0.25, 0.3) is 10.4 Å². The van der Waals surface area contributed by atoms with Crippen LogP contribution >= 0.6 is 11.3 Å². The lowest BCUT2D eigenvalue weighted by Crippen LogP contribution is -2.30. The van der Waals surface area contributed by atoms with Gasteiger partial charge in [0.15, 0.2) is 0 Å². The molecule has 0 radical (unpaired) electrons. The van der Waals surface area contributed by atoms with Crippen molar-refractivity contribution in [1.29, 1.82) is 0 Å². The van der Waals surface area contributed by atoms with Crippen LogP contribution in [0.3, 0.4) is 0 Å². The van der Waals surface area contributed by atoms with Gasteiger partial charge >= 0.3 is 0 Å². The highest BCUT2D eigenvalue weighted by Gasteiger charge is 2.08. The van der Waals surface area contributed by atoms with E-state index in [1.165, 1.54) is 6.07 Å². The summed E-state index contributed by atoms with van der Waals surface area (Å²) in [5, 5.41) is 12.4. The minimum Gasteiger partial charge on any atom is -0.395 e. The van der Waals surface area contributed by atoms with Crippen LogP contribution in [-0.2, 0) is 6.54 Å². The molecular weight excluding hydrogens is 261 g/mol. The van der Waals surface area contributed by atoms with Crippen LogP contribution in [-0.4, -0.2) is 17.8 Å². The third-order valence-corrected chi connectivity index (χ3v) is 4.20. The molecule has 0 aliphatic heterocycles. The highest BCUT2D eigenvalue weighted by Crippen LogP contribution is 2.29. The Morgan fingerprint density at radius 1 is 1.26 bits per heavy atom. The minimum absolute atomic E-state index is 0.124. The molecule has 0 amide bonds. The van der Waals surface area contributed by atoms with Crippen LogP contribution in [0, 0.1) is 5.82 Å². The molecule has 1 aromatic carbocycles. The number of aliphatic hydroxyl groups excluding tert-OH is 1. The van der Waals surface area contributed by atoms with Crippen molar-refractivity contribution in [2.75, 3.05) is 6.61 Å². The standard InChI is InChI=1S/C15H18FNOS/c1-2-11(10-18)17-9-12-7-8-15(19-12)13-5-3-4-6-14(13)16/h3-8,11,17-18H,2,9-10H2,1H3. The molecule has 2 N–H and O–H groups in total. The fourth-order valence-corrected chi connectivity index (χ4v) is 2.85. The van der Waals surface area contributed by atoms with E-state index in [0.717, 1.165) is 16.2 Å². The normalized spacial score (nSPS) is 12.6. The Labute approximate surface area is 116 Å². The van der Waals surface area contributed by atoms with Gasteiger partial charge in [-0.05, 0) is 24.6 Å². The van der Waals surface area contributed by atoms with Crippen molar-refractivity contribution in [3.8, 4) is 10.4 Å². The number of nitrogens with one attached hydrogen (secondary N) is 1. The smallest absolute Gasteiger partial charge is 0.131 e. The average Bonchev–Trinajstić information content (AvgIpc) is 2.89.